The van der Waals surface area contributed by atoms with Gasteiger partial charge in [0.25, 0.3) is 0 Å². The average Bonchev–Trinajstić information content (AvgIpc) is 3.75. The van der Waals surface area contributed by atoms with E-state index in [-0.39, 0.29) is 43.0 Å². The van der Waals surface area contributed by atoms with E-state index < -0.39 is 133 Å². The summed E-state index contributed by atoms with van der Waals surface area (Å²) in [6.45, 7) is 15.6. The highest BCUT2D eigenvalue weighted by molar-refractivity contribution is 6.07. The van der Waals surface area contributed by atoms with E-state index in [0.717, 1.165) is 0 Å². The first-order chi connectivity index (χ1) is 25.6. The number of Topliss-reactive ketones (excluding diaryl/α,β-unsaturated/α-hetero) is 3. The number of carbonyl (C=O) groups is 3. The summed E-state index contributed by atoms with van der Waals surface area (Å²) < 4.78 is 27.2. The molecule has 6 heterocycles. The summed E-state index contributed by atoms with van der Waals surface area (Å²) in [7, 11) is 0. The van der Waals surface area contributed by atoms with Crippen LogP contribution in [0.1, 0.15) is 79.1 Å². The molecule has 8 saturated carbocycles. The first-order valence-electron chi connectivity index (χ1n) is 20.4. The van der Waals surface area contributed by atoms with Crippen LogP contribution in [0, 0.1) is 68.0 Å². The molecule has 2 unspecified atom stereocenters. The average molecular weight is 765 g/mol. The van der Waals surface area contributed by atoms with E-state index in [1.165, 1.54) is 0 Å². The van der Waals surface area contributed by atoms with E-state index in [9.17, 15) is 40.2 Å². The predicted octanol–water partition coefficient (Wildman–Crippen LogP) is 0.846. The van der Waals surface area contributed by atoms with Crippen molar-refractivity contribution < 1.29 is 64.0 Å². The molecule has 298 valence electrons. The minimum atomic E-state index is -2.44. The Morgan fingerprint density at radius 2 is 1.16 bits per heavy atom. The van der Waals surface area contributed by atoms with Crippen LogP contribution in [-0.4, -0.2) is 114 Å². The number of ether oxygens (including phenoxy) is 4. The molecule has 0 aromatic heterocycles. The molecule has 13 nitrogen and oxygen atoms in total. The third-order valence-electron chi connectivity index (χ3n) is 19.4. The maximum Gasteiger partial charge on any atom is 0.208 e. The highest BCUT2D eigenvalue weighted by Crippen LogP contribution is 2.87. The number of ketones is 3. The van der Waals surface area contributed by atoms with E-state index in [4.69, 9.17) is 18.9 Å². The molecule has 8 aliphatic carbocycles. The van der Waals surface area contributed by atoms with Crippen LogP contribution in [0.2, 0.25) is 0 Å². The van der Waals surface area contributed by atoms with Gasteiger partial charge < -0.3 is 49.6 Å². The number of hydrogen-bond donors (Lipinski definition) is 6. The smallest absolute Gasteiger partial charge is 0.208 e. The van der Waals surface area contributed by atoms with Gasteiger partial charge in [-0.1, -0.05) is 40.9 Å². The summed E-state index contributed by atoms with van der Waals surface area (Å²) in [6.07, 6.45) is -3.41. The van der Waals surface area contributed by atoms with E-state index in [1.54, 1.807) is 0 Å². The minimum Gasteiger partial charge on any atom is -0.391 e. The number of aliphatic hydroxyl groups excluding tert-OH is 4. The molecule has 6 N–H and O–H groups in total. The SMILES string of the molecule is C=C1C(=O)[C@]23[C@H](O)[C@H]1CC[C@H]2[C@@]12CO[C@@]3(O)[C@@H](O)[C@@H]1C(C)(C)C[C@]1(CCC34CC(C)(C)[C@H]5[C@H](O)[C@]6(O)OC[C@@]5([C@@H]5CC[C@H]7C(=C)C(=O)[C@]56[C@@H]7O)C3(O4)O1)C2=O. The van der Waals surface area contributed by atoms with Crippen molar-refractivity contribution in [3.8, 4) is 0 Å². The lowest BCUT2D eigenvalue weighted by atomic mass is 9.33. The maximum atomic E-state index is 16.2. The van der Waals surface area contributed by atoms with Gasteiger partial charge >= 0.3 is 0 Å². The largest absolute Gasteiger partial charge is 0.391 e. The molecular formula is C42H52O13. The van der Waals surface area contributed by atoms with Crippen molar-refractivity contribution >= 4 is 17.3 Å². The van der Waals surface area contributed by atoms with Crippen LogP contribution in [0.25, 0.3) is 0 Å². The van der Waals surface area contributed by atoms with Gasteiger partial charge in [0, 0.05) is 23.7 Å². The molecule has 13 heteroatoms. The van der Waals surface area contributed by atoms with Crippen LogP contribution in [-0.2, 0) is 33.3 Å². The number of fused-ring (bicyclic) bond motifs is 4. The Morgan fingerprint density at radius 1 is 0.636 bits per heavy atom. The number of rotatable bonds is 0. The van der Waals surface area contributed by atoms with Crippen molar-refractivity contribution in [1.82, 2.24) is 0 Å². The summed E-state index contributed by atoms with van der Waals surface area (Å²) >= 11 is 0. The summed E-state index contributed by atoms with van der Waals surface area (Å²) in [5.41, 5.74) is -10.5. The lowest BCUT2D eigenvalue weighted by Crippen LogP contribution is -2.89. The molecule has 0 amide bonds. The molecule has 55 heavy (non-hydrogen) atoms. The van der Waals surface area contributed by atoms with Gasteiger partial charge in [-0.25, -0.2) is 0 Å². The Hall–Kier alpha value is -1.91. The Bertz CT molecular complexity index is 2010. The topological polar surface area (TPSA) is 213 Å². The van der Waals surface area contributed by atoms with Crippen LogP contribution >= 0.6 is 0 Å². The molecule has 8 bridgehead atoms. The van der Waals surface area contributed by atoms with Crippen molar-refractivity contribution in [3.05, 3.63) is 24.3 Å². The zero-order valence-corrected chi connectivity index (χ0v) is 31.8. The lowest BCUT2D eigenvalue weighted by molar-refractivity contribution is -0.474. The molecule has 6 saturated heterocycles. The molecule has 0 radical (unpaired) electrons. The zero-order valence-electron chi connectivity index (χ0n) is 31.8. The summed E-state index contributed by atoms with van der Waals surface area (Å²) in [6, 6.07) is 0. The van der Waals surface area contributed by atoms with E-state index in [2.05, 4.69) is 13.2 Å². The van der Waals surface area contributed by atoms with Gasteiger partial charge in [0.15, 0.2) is 17.3 Å². The quantitative estimate of drug-likeness (QED) is 0.149. The van der Waals surface area contributed by atoms with Crippen LogP contribution in [0.15, 0.2) is 24.3 Å². The van der Waals surface area contributed by atoms with Crippen molar-refractivity contribution in [1.29, 1.82) is 0 Å². The first-order valence-corrected chi connectivity index (χ1v) is 20.4. The third kappa shape index (κ3) is 2.82. The van der Waals surface area contributed by atoms with Crippen LogP contribution in [0.5, 0.6) is 0 Å². The second-order valence-electron chi connectivity index (χ2n) is 21.7. The number of hydrogen-bond acceptors (Lipinski definition) is 13. The van der Waals surface area contributed by atoms with Crippen LogP contribution in [0.3, 0.4) is 0 Å². The molecule has 14 aliphatic rings. The second kappa shape index (κ2) is 8.97. The van der Waals surface area contributed by atoms with E-state index in [1.807, 2.05) is 27.7 Å². The Balaban J connectivity index is 1.06. The molecule has 14 fully saturated rings. The van der Waals surface area contributed by atoms with Gasteiger partial charge in [-0.3, -0.25) is 14.4 Å². The van der Waals surface area contributed by atoms with Crippen molar-refractivity contribution in [2.45, 2.75) is 132 Å². The number of aliphatic hydroxyl groups is 6. The lowest BCUT2D eigenvalue weighted by Gasteiger charge is -2.76. The fraction of sp³-hybridized carbons (Fsp3) is 0.833. The Labute approximate surface area is 318 Å². The second-order valence-corrected chi connectivity index (χ2v) is 21.7. The normalized spacial score (nSPS) is 64.7. The van der Waals surface area contributed by atoms with Gasteiger partial charge in [-0.05, 0) is 85.2 Å². The number of epoxide rings is 1. The summed E-state index contributed by atoms with van der Waals surface area (Å²) in [5.74, 6) is -12.4. The van der Waals surface area contributed by atoms with Crippen molar-refractivity contribution in [2.75, 3.05) is 13.2 Å². The standard InChI is InChI=1S/C42H52O13/c1-17-19-7-9-21-36-15-52-40(50,38(21,25(17)43)27(19)45)29(47)23(36)32(3,4)13-34(31(36)49)11-12-35-14-33(5,6)24-30(48)41(51)39-22(10-8-20(28(39)46)18(2)26(39)44)37(24,16-53-41)42(35,54-34)55-35/h19-24,27-30,45-48,50-51H,1-2,7-16H2,3-6H3/t19-,20-,21-,22-,23+,24+,27+,28+,29-,30-,34+,35?,36-,37-,38-,39-,40-,41-,42?/m0/s1. The fourth-order valence-corrected chi connectivity index (χ4v) is 18.2. The number of carbonyl (C=O) groups excluding carboxylic acids is 3. The van der Waals surface area contributed by atoms with Gasteiger partial charge in [-0.2, -0.15) is 0 Å². The fourth-order valence-electron chi connectivity index (χ4n) is 18.2. The Morgan fingerprint density at radius 3 is 1.78 bits per heavy atom. The predicted molar refractivity (Wildman–Crippen MR) is 185 cm³/mol. The van der Waals surface area contributed by atoms with Crippen molar-refractivity contribution in [3.63, 3.8) is 0 Å². The van der Waals surface area contributed by atoms with Crippen molar-refractivity contribution in [2.24, 2.45) is 68.0 Å². The van der Waals surface area contributed by atoms with Gasteiger partial charge in [0.05, 0.1) is 36.3 Å². The Kier molecular flexibility index (Phi) is 5.72. The summed E-state index contributed by atoms with van der Waals surface area (Å²) in [4.78, 5) is 45.1. The van der Waals surface area contributed by atoms with Gasteiger partial charge in [-0.15, -0.1) is 0 Å². The molecule has 0 aromatic carbocycles. The molecule has 5 spiro atoms. The zero-order chi connectivity index (χ0) is 39.1. The minimum absolute atomic E-state index is 0.124. The molecule has 19 atom stereocenters. The summed E-state index contributed by atoms with van der Waals surface area (Å²) in [5, 5.41) is 73.8. The van der Waals surface area contributed by atoms with E-state index in [0.29, 0.717) is 38.5 Å². The van der Waals surface area contributed by atoms with E-state index >= 15 is 4.79 Å². The molecule has 0 aromatic rings. The maximum absolute atomic E-state index is 16.2. The van der Waals surface area contributed by atoms with Crippen LogP contribution in [0.4, 0.5) is 0 Å². The highest BCUT2D eigenvalue weighted by Gasteiger charge is 2.99. The molecular weight excluding hydrogens is 712 g/mol. The van der Waals surface area contributed by atoms with Crippen LogP contribution < -0.4 is 0 Å². The molecule has 14 rings (SSSR count). The molecule has 6 aliphatic heterocycles. The first kappa shape index (κ1) is 35.1. The monoisotopic (exact) mass is 764 g/mol. The van der Waals surface area contributed by atoms with Gasteiger partial charge in [0.2, 0.25) is 17.4 Å². The van der Waals surface area contributed by atoms with Gasteiger partial charge in [0.1, 0.15) is 34.2 Å². The third-order valence-corrected chi connectivity index (χ3v) is 19.4. The highest BCUT2D eigenvalue weighted by atomic mass is 16.8.